The number of nitrogens with one attached hydrogen (secondary N) is 1. The first kappa shape index (κ1) is 23.8. The number of barbiturate groups is 1. The highest BCUT2D eigenvalue weighted by molar-refractivity contribution is 6.40. The van der Waals surface area contributed by atoms with Crippen LogP contribution in [0.5, 0.6) is 5.75 Å². The van der Waals surface area contributed by atoms with Crippen molar-refractivity contribution in [3.63, 3.8) is 0 Å². The Balaban J connectivity index is 1.60. The third-order valence-corrected chi connectivity index (χ3v) is 5.61. The first-order valence-corrected chi connectivity index (χ1v) is 10.9. The lowest BCUT2D eigenvalue weighted by atomic mass is 10.1. The molecule has 1 heterocycles. The molecule has 0 unspecified atom stereocenters. The topological polar surface area (TPSA) is 75.7 Å². The zero-order valence-electron chi connectivity index (χ0n) is 17.2. The molecule has 0 spiro atoms. The fourth-order valence-electron chi connectivity index (χ4n) is 3.21. The first-order valence-electron chi connectivity index (χ1n) is 9.76. The Labute approximate surface area is 208 Å². The zero-order valence-corrected chi connectivity index (χ0v) is 19.4. The number of halogens is 4. The third kappa shape index (κ3) is 5.07. The number of hydrogen-bond acceptors (Lipinski definition) is 4. The summed E-state index contributed by atoms with van der Waals surface area (Å²) in [5.74, 6) is -2.25. The summed E-state index contributed by atoms with van der Waals surface area (Å²) in [6.07, 6.45) is 1.23. The molecular weight excluding hydrogens is 506 g/mol. The number of nitrogens with zero attached hydrogens (tertiary/aromatic N) is 1. The van der Waals surface area contributed by atoms with Gasteiger partial charge in [0.15, 0.2) is 5.75 Å². The van der Waals surface area contributed by atoms with Crippen molar-refractivity contribution in [3.8, 4) is 5.75 Å². The second-order valence-electron chi connectivity index (χ2n) is 7.17. The number of rotatable bonds is 5. The second-order valence-corrected chi connectivity index (χ2v) is 8.42. The van der Waals surface area contributed by atoms with Crippen LogP contribution in [0.25, 0.3) is 6.08 Å². The maximum absolute atomic E-state index is 13.6. The van der Waals surface area contributed by atoms with Crippen molar-refractivity contribution in [2.24, 2.45) is 0 Å². The maximum atomic E-state index is 13.6. The number of carbonyl (C=O) groups excluding carboxylic acids is 3. The number of amides is 4. The van der Waals surface area contributed by atoms with Crippen LogP contribution < -0.4 is 15.0 Å². The quantitative estimate of drug-likeness (QED) is 0.330. The lowest BCUT2D eigenvalue weighted by Gasteiger charge is -2.26. The molecule has 172 valence electrons. The van der Waals surface area contributed by atoms with Crippen molar-refractivity contribution in [2.75, 3.05) is 4.90 Å². The lowest BCUT2D eigenvalue weighted by Crippen LogP contribution is -2.54. The largest absolute Gasteiger partial charge is 0.486 e. The van der Waals surface area contributed by atoms with Gasteiger partial charge in [-0.2, -0.15) is 0 Å². The molecule has 34 heavy (non-hydrogen) atoms. The number of hydrogen-bond donors (Lipinski definition) is 1. The van der Waals surface area contributed by atoms with Crippen LogP contribution in [0.15, 0.2) is 66.2 Å². The fourth-order valence-corrected chi connectivity index (χ4v) is 3.95. The lowest BCUT2D eigenvalue weighted by molar-refractivity contribution is -0.122. The molecule has 4 amide bonds. The Morgan fingerprint density at radius 3 is 2.26 bits per heavy atom. The standard InChI is InChI=1S/C24H14Cl3FN2O4/c25-15-6-4-13(5-7-15)12-34-21-19(26)9-14(10-20(21)27)8-18-22(31)29-24(33)30(23(18)32)17-3-1-2-16(28)11-17/h1-11H,12H2,(H,29,31,33)/b18-8+. The Bertz CT molecular complexity index is 1320. The molecule has 1 N–H and O–H groups in total. The number of imide groups is 2. The van der Waals surface area contributed by atoms with Gasteiger partial charge < -0.3 is 4.74 Å². The van der Waals surface area contributed by atoms with E-state index in [1.807, 2.05) is 0 Å². The van der Waals surface area contributed by atoms with Crippen molar-refractivity contribution >= 4 is 64.4 Å². The average molecular weight is 520 g/mol. The van der Waals surface area contributed by atoms with Gasteiger partial charge in [0, 0.05) is 5.02 Å². The molecule has 0 radical (unpaired) electrons. The van der Waals surface area contributed by atoms with Gasteiger partial charge in [-0.25, -0.2) is 14.1 Å². The molecule has 1 aliphatic heterocycles. The summed E-state index contributed by atoms with van der Waals surface area (Å²) in [4.78, 5) is 38.2. The predicted octanol–water partition coefficient (Wildman–Crippen LogP) is 6.03. The minimum atomic E-state index is -0.986. The molecule has 0 bridgehead atoms. The average Bonchev–Trinajstić information content (AvgIpc) is 2.77. The van der Waals surface area contributed by atoms with Gasteiger partial charge in [-0.15, -0.1) is 0 Å². The van der Waals surface area contributed by atoms with Crippen molar-refractivity contribution in [2.45, 2.75) is 6.61 Å². The SMILES string of the molecule is O=C1NC(=O)N(c2cccc(F)c2)C(=O)/C1=C/c1cc(Cl)c(OCc2ccc(Cl)cc2)c(Cl)c1. The molecule has 10 heteroatoms. The molecule has 4 rings (SSSR count). The van der Waals surface area contributed by atoms with E-state index in [9.17, 15) is 18.8 Å². The van der Waals surface area contributed by atoms with Gasteiger partial charge in [0.25, 0.3) is 11.8 Å². The summed E-state index contributed by atoms with van der Waals surface area (Å²) in [5.41, 5.74) is 0.781. The molecule has 3 aromatic carbocycles. The van der Waals surface area contributed by atoms with Crippen molar-refractivity contribution < 1.29 is 23.5 Å². The van der Waals surface area contributed by atoms with Crippen molar-refractivity contribution in [1.82, 2.24) is 5.32 Å². The molecule has 0 atom stereocenters. The number of anilines is 1. The second kappa shape index (κ2) is 9.85. The monoisotopic (exact) mass is 518 g/mol. The van der Waals surface area contributed by atoms with Crippen LogP contribution in [0, 0.1) is 5.82 Å². The predicted molar refractivity (Wildman–Crippen MR) is 128 cm³/mol. The number of carbonyl (C=O) groups is 3. The van der Waals surface area contributed by atoms with Crippen LogP contribution in [0.3, 0.4) is 0 Å². The van der Waals surface area contributed by atoms with Crippen LogP contribution in [-0.2, 0) is 16.2 Å². The smallest absolute Gasteiger partial charge is 0.335 e. The number of benzene rings is 3. The fraction of sp³-hybridized carbons (Fsp3) is 0.0417. The van der Waals surface area contributed by atoms with Gasteiger partial charge in [0.05, 0.1) is 15.7 Å². The minimum absolute atomic E-state index is 0.0251. The number of ether oxygens (including phenoxy) is 1. The zero-order chi connectivity index (χ0) is 24.4. The molecule has 1 aliphatic rings. The van der Waals surface area contributed by atoms with Crippen LogP contribution in [-0.4, -0.2) is 17.8 Å². The van der Waals surface area contributed by atoms with Crippen LogP contribution in [0.4, 0.5) is 14.9 Å². The normalized spacial score (nSPS) is 15.0. The molecule has 1 fully saturated rings. The van der Waals surface area contributed by atoms with E-state index < -0.39 is 23.7 Å². The summed E-state index contributed by atoms with van der Waals surface area (Å²) in [7, 11) is 0. The number of urea groups is 1. The molecule has 3 aromatic rings. The Morgan fingerprint density at radius 2 is 1.62 bits per heavy atom. The van der Waals surface area contributed by atoms with E-state index >= 15 is 0 Å². The highest BCUT2D eigenvalue weighted by Crippen LogP contribution is 2.36. The molecule has 6 nitrogen and oxygen atoms in total. The summed E-state index contributed by atoms with van der Waals surface area (Å²) < 4.78 is 19.3. The molecule has 0 aliphatic carbocycles. The summed E-state index contributed by atoms with van der Waals surface area (Å²) in [6.45, 7) is 0.183. The summed E-state index contributed by atoms with van der Waals surface area (Å²) >= 11 is 18.5. The summed E-state index contributed by atoms with van der Waals surface area (Å²) in [5, 5.41) is 2.96. The molecular formula is C24H14Cl3FN2O4. The minimum Gasteiger partial charge on any atom is -0.486 e. The van der Waals surface area contributed by atoms with Gasteiger partial charge in [-0.3, -0.25) is 14.9 Å². The van der Waals surface area contributed by atoms with E-state index in [0.717, 1.165) is 17.7 Å². The van der Waals surface area contributed by atoms with Crippen LogP contribution >= 0.6 is 34.8 Å². The highest BCUT2D eigenvalue weighted by atomic mass is 35.5. The van der Waals surface area contributed by atoms with Gasteiger partial charge >= 0.3 is 6.03 Å². The third-order valence-electron chi connectivity index (χ3n) is 4.80. The van der Waals surface area contributed by atoms with Gasteiger partial charge in [-0.05, 0) is 59.7 Å². The Morgan fingerprint density at radius 1 is 0.941 bits per heavy atom. The van der Waals surface area contributed by atoms with E-state index in [1.165, 1.54) is 30.3 Å². The molecule has 0 aromatic heterocycles. The van der Waals surface area contributed by atoms with E-state index in [4.69, 9.17) is 39.5 Å². The maximum Gasteiger partial charge on any atom is 0.335 e. The van der Waals surface area contributed by atoms with E-state index in [2.05, 4.69) is 5.32 Å². The van der Waals surface area contributed by atoms with E-state index in [-0.39, 0.29) is 33.7 Å². The van der Waals surface area contributed by atoms with Gasteiger partial charge in [-0.1, -0.05) is 53.0 Å². The molecule has 1 saturated heterocycles. The Kier molecular flexibility index (Phi) is 6.88. The first-order chi connectivity index (χ1) is 16.2. The van der Waals surface area contributed by atoms with Gasteiger partial charge in [0.1, 0.15) is 18.0 Å². The van der Waals surface area contributed by atoms with Gasteiger partial charge in [0.2, 0.25) is 0 Å². The van der Waals surface area contributed by atoms with Crippen LogP contribution in [0.2, 0.25) is 15.1 Å². The summed E-state index contributed by atoms with van der Waals surface area (Å²) in [6, 6.07) is 13.9. The van der Waals surface area contributed by atoms with E-state index in [0.29, 0.717) is 15.5 Å². The van der Waals surface area contributed by atoms with Crippen molar-refractivity contribution in [1.29, 1.82) is 0 Å². The Hall–Kier alpha value is -3.39. The van der Waals surface area contributed by atoms with E-state index in [1.54, 1.807) is 24.3 Å². The van der Waals surface area contributed by atoms with Crippen LogP contribution in [0.1, 0.15) is 11.1 Å². The molecule has 0 saturated carbocycles. The van der Waals surface area contributed by atoms with Crippen molar-refractivity contribution in [3.05, 3.63) is 98.2 Å². The highest BCUT2D eigenvalue weighted by Gasteiger charge is 2.37.